The Morgan fingerprint density at radius 1 is 1.33 bits per heavy atom. The van der Waals surface area contributed by atoms with Crippen LogP contribution in [-0.4, -0.2) is 6.61 Å². The molecule has 1 unspecified atom stereocenters. The fraction of sp³-hybridized carbons (Fsp3) is 0.562. The van der Waals surface area contributed by atoms with Crippen LogP contribution in [0.3, 0.4) is 0 Å². The van der Waals surface area contributed by atoms with Gasteiger partial charge in [0.25, 0.3) is 0 Å². The van der Waals surface area contributed by atoms with Crippen molar-refractivity contribution >= 4 is 0 Å². The molecular weight excluding hydrogens is 222 g/mol. The monoisotopic (exact) mass is 243 g/mol. The van der Waals surface area contributed by atoms with E-state index in [-0.39, 0.29) is 5.92 Å². The van der Waals surface area contributed by atoms with Crippen LogP contribution in [0.4, 0.5) is 0 Å². The van der Waals surface area contributed by atoms with E-state index in [1.54, 1.807) is 0 Å². The van der Waals surface area contributed by atoms with Gasteiger partial charge in [0, 0.05) is 0 Å². The highest BCUT2D eigenvalue weighted by Crippen LogP contribution is 2.25. The third-order valence-corrected chi connectivity index (χ3v) is 3.76. The quantitative estimate of drug-likeness (QED) is 0.791. The van der Waals surface area contributed by atoms with E-state index >= 15 is 0 Å². The van der Waals surface area contributed by atoms with E-state index in [4.69, 9.17) is 10.00 Å². The Morgan fingerprint density at radius 2 is 2.11 bits per heavy atom. The number of rotatable bonds is 4. The zero-order valence-electron chi connectivity index (χ0n) is 11.1. The van der Waals surface area contributed by atoms with E-state index in [0.717, 1.165) is 23.8 Å². The minimum Gasteiger partial charge on any atom is -0.493 e. The van der Waals surface area contributed by atoms with Gasteiger partial charge in [0.2, 0.25) is 0 Å². The maximum Gasteiger partial charge on any atom is 0.119 e. The van der Waals surface area contributed by atoms with Crippen LogP contribution < -0.4 is 4.74 Å². The van der Waals surface area contributed by atoms with Gasteiger partial charge in [0.15, 0.2) is 0 Å². The van der Waals surface area contributed by atoms with Gasteiger partial charge < -0.3 is 4.74 Å². The molecule has 1 saturated carbocycles. The van der Waals surface area contributed by atoms with Crippen LogP contribution in [0.1, 0.15) is 50.5 Å². The van der Waals surface area contributed by atoms with Gasteiger partial charge in [-0.1, -0.05) is 31.4 Å². The second-order valence-electron chi connectivity index (χ2n) is 5.24. The van der Waals surface area contributed by atoms with E-state index in [1.807, 2.05) is 31.2 Å². The molecule has 0 saturated heterocycles. The van der Waals surface area contributed by atoms with Gasteiger partial charge >= 0.3 is 0 Å². The molecule has 0 aromatic heterocycles. The number of ether oxygens (including phenoxy) is 1. The molecule has 0 spiro atoms. The minimum absolute atomic E-state index is 0.0665. The smallest absolute Gasteiger partial charge is 0.119 e. The van der Waals surface area contributed by atoms with E-state index in [9.17, 15) is 0 Å². The number of nitrogens with zero attached hydrogens (tertiary/aromatic N) is 1. The third-order valence-electron chi connectivity index (χ3n) is 3.76. The molecule has 2 rings (SSSR count). The topological polar surface area (TPSA) is 33.0 Å². The summed E-state index contributed by atoms with van der Waals surface area (Å²) >= 11 is 0. The molecule has 1 fully saturated rings. The van der Waals surface area contributed by atoms with E-state index in [0.29, 0.717) is 0 Å². The lowest BCUT2D eigenvalue weighted by molar-refractivity contribution is 0.208. The maximum atomic E-state index is 8.92. The Kier molecular flexibility index (Phi) is 4.64. The lowest BCUT2D eigenvalue weighted by Gasteiger charge is -2.21. The van der Waals surface area contributed by atoms with Crippen molar-refractivity contribution in [3.63, 3.8) is 0 Å². The van der Waals surface area contributed by atoms with E-state index < -0.39 is 0 Å². The van der Waals surface area contributed by atoms with Gasteiger partial charge in [0.05, 0.1) is 18.6 Å². The van der Waals surface area contributed by atoms with Crippen LogP contribution in [0.2, 0.25) is 0 Å². The molecule has 1 atom stereocenters. The van der Waals surface area contributed by atoms with Gasteiger partial charge in [-0.25, -0.2) is 0 Å². The Hall–Kier alpha value is -1.49. The highest BCUT2D eigenvalue weighted by Gasteiger charge is 2.14. The summed E-state index contributed by atoms with van der Waals surface area (Å²) in [6, 6.07) is 10.2. The van der Waals surface area contributed by atoms with Crippen molar-refractivity contribution in [3.05, 3.63) is 29.8 Å². The first-order valence-electron chi connectivity index (χ1n) is 6.92. The fourth-order valence-corrected chi connectivity index (χ4v) is 2.52. The highest BCUT2D eigenvalue weighted by molar-refractivity contribution is 5.32. The summed E-state index contributed by atoms with van der Waals surface area (Å²) in [7, 11) is 0. The van der Waals surface area contributed by atoms with Crippen molar-refractivity contribution in [3.8, 4) is 11.8 Å². The van der Waals surface area contributed by atoms with Crippen molar-refractivity contribution in [1.82, 2.24) is 0 Å². The summed E-state index contributed by atoms with van der Waals surface area (Å²) < 4.78 is 5.87. The van der Waals surface area contributed by atoms with Crippen LogP contribution in [0.25, 0.3) is 0 Å². The summed E-state index contributed by atoms with van der Waals surface area (Å²) in [5, 5.41) is 8.92. The molecule has 2 nitrogen and oxygen atoms in total. The van der Waals surface area contributed by atoms with E-state index in [2.05, 4.69) is 6.07 Å². The Balaban J connectivity index is 1.91. The second kappa shape index (κ2) is 6.44. The Labute approximate surface area is 110 Å². The maximum absolute atomic E-state index is 8.92. The zero-order valence-corrected chi connectivity index (χ0v) is 11.1. The van der Waals surface area contributed by atoms with Crippen LogP contribution in [0.5, 0.6) is 5.75 Å². The summed E-state index contributed by atoms with van der Waals surface area (Å²) in [4.78, 5) is 0. The normalized spacial score (nSPS) is 18.0. The summed E-state index contributed by atoms with van der Waals surface area (Å²) in [6.07, 6.45) is 6.67. The lowest BCUT2D eigenvalue weighted by Crippen LogP contribution is -2.15. The number of benzene rings is 1. The largest absolute Gasteiger partial charge is 0.493 e. The van der Waals surface area contributed by atoms with Crippen LogP contribution in [0, 0.1) is 17.2 Å². The standard InChI is InChI=1S/C16H21NO/c1-13(11-17)15-8-5-9-16(10-15)18-12-14-6-3-2-4-7-14/h5,8-10,13-14H,2-4,6-7,12H2,1H3. The molecule has 1 aliphatic carbocycles. The van der Waals surface area contributed by atoms with Crippen molar-refractivity contribution in [2.45, 2.75) is 44.9 Å². The zero-order chi connectivity index (χ0) is 12.8. The van der Waals surface area contributed by atoms with Crippen molar-refractivity contribution in [1.29, 1.82) is 5.26 Å². The number of hydrogen-bond acceptors (Lipinski definition) is 2. The van der Waals surface area contributed by atoms with Crippen molar-refractivity contribution in [2.24, 2.45) is 5.92 Å². The molecule has 1 aliphatic rings. The molecule has 0 radical (unpaired) electrons. The van der Waals surface area contributed by atoms with Gasteiger partial charge in [0.1, 0.15) is 5.75 Å². The Bertz CT molecular complexity index is 415. The average molecular weight is 243 g/mol. The summed E-state index contributed by atoms with van der Waals surface area (Å²) in [6.45, 7) is 2.74. The van der Waals surface area contributed by atoms with Crippen LogP contribution in [0.15, 0.2) is 24.3 Å². The second-order valence-corrected chi connectivity index (χ2v) is 5.24. The molecule has 1 aromatic rings. The Morgan fingerprint density at radius 3 is 2.83 bits per heavy atom. The van der Waals surface area contributed by atoms with Crippen LogP contribution in [-0.2, 0) is 0 Å². The first-order chi connectivity index (χ1) is 8.79. The molecule has 0 heterocycles. The number of nitriles is 1. The molecule has 18 heavy (non-hydrogen) atoms. The third kappa shape index (κ3) is 3.50. The molecule has 0 bridgehead atoms. The first kappa shape index (κ1) is 13.0. The van der Waals surface area contributed by atoms with Gasteiger partial charge in [-0.3, -0.25) is 0 Å². The molecule has 1 aromatic carbocycles. The lowest BCUT2D eigenvalue weighted by atomic mass is 9.90. The van der Waals surface area contributed by atoms with Gasteiger partial charge in [-0.05, 0) is 43.4 Å². The molecular formula is C16H21NO. The van der Waals surface area contributed by atoms with Crippen molar-refractivity contribution < 1.29 is 4.74 Å². The molecule has 0 amide bonds. The predicted octanol–water partition coefficient (Wildman–Crippen LogP) is 4.27. The number of hydrogen-bond donors (Lipinski definition) is 0. The van der Waals surface area contributed by atoms with E-state index in [1.165, 1.54) is 32.1 Å². The van der Waals surface area contributed by atoms with Crippen LogP contribution >= 0.6 is 0 Å². The molecule has 0 N–H and O–H groups in total. The minimum atomic E-state index is -0.0665. The van der Waals surface area contributed by atoms with Gasteiger partial charge in [-0.15, -0.1) is 0 Å². The highest BCUT2D eigenvalue weighted by atomic mass is 16.5. The van der Waals surface area contributed by atoms with Gasteiger partial charge in [-0.2, -0.15) is 5.26 Å². The SMILES string of the molecule is CC(C#N)c1cccc(OCC2CCCCC2)c1. The molecule has 0 aliphatic heterocycles. The summed E-state index contributed by atoms with van der Waals surface area (Å²) in [5.41, 5.74) is 1.04. The first-order valence-corrected chi connectivity index (χ1v) is 6.92. The molecule has 96 valence electrons. The molecule has 2 heteroatoms. The fourth-order valence-electron chi connectivity index (χ4n) is 2.52. The predicted molar refractivity (Wildman–Crippen MR) is 72.5 cm³/mol. The summed E-state index contributed by atoms with van der Waals surface area (Å²) in [5.74, 6) is 1.55. The van der Waals surface area contributed by atoms with Crippen molar-refractivity contribution in [2.75, 3.05) is 6.61 Å². The average Bonchev–Trinajstić information content (AvgIpc) is 2.45.